The highest BCUT2D eigenvalue weighted by molar-refractivity contribution is 7.93. The normalized spacial score (nSPS) is 16.0. The van der Waals surface area contributed by atoms with Gasteiger partial charge in [0.15, 0.2) is 0 Å². The summed E-state index contributed by atoms with van der Waals surface area (Å²) >= 11 is 0. The topological polar surface area (TPSA) is 126 Å². The van der Waals surface area contributed by atoms with Crippen molar-refractivity contribution in [3.63, 3.8) is 0 Å². The Morgan fingerprint density at radius 2 is 1.91 bits per heavy atom. The van der Waals surface area contributed by atoms with E-state index in [1.165, 1.54) is 6.20 Å². The van der Waals surface area contributed by atoms with E-state index >= 15 is 0 Å². The minimum atomic E-state index is -3.35. The molecule has 0 spiro atoms. The third kappa shape index (κ3) is 5.41. The van der Waals surface area contributed by atoms with Gasteiger partial charge in [0.2, 0.25) is 10.0 Å². The molecule has 1 aliphatic carbocycles. The number of amides is 1. The number of carbonyl (C=O) groups is 1. The van der Waals surface area contributed by atoms with E-state index in [2.05, 4.69) is 29.9 Å². The molecule has 1 saturated carbocycles. The predicted octanol–water partition coefficient (Wildman–Crippen LogP) is 2.21. The van der Waals surface area contributed by atoms with Crippen LogP contribution < -0.4 is 14.9 Å². The van der Waals surface area contributed by atoms with E-state index in [1.54, 1.807) is 43.8 Å². The fourth-order valence-electron chi connectivity index (χ4n) is 3.75. The number of anilines is 2. The molecule has 10 nitrogen and oxygen atoms in total. The molecule has 11 heteroatoms. The van der Waals surface area contributed by atoms with E-state index in [0.717, 1.165) is 30.2 Å². The second-order valence-electron chi connectivity index (χ2n) is 8.67. The van der Waals surface area contributed by atoms with Gasteiger partial charge in [0.25, 0.3) is 5.91 Å². The summed E-state index contributed by atoms with van der Waals surface area (Å²) in [4.78, 5) is 27.9. The standard InChI is InChI=1S/C24H26N6O4S/c1-34-20-14-30(15-20)23-13-25-12-22(28-23)16-2-4-17(5-3-16)24(31)27-11-19-10-18(8-9-26-19)29-35(32,33)21-6-7-21/h2-5,8-10,12-13,20-21H,6-7,11,14-15H2,1H3,(H,26,29)(H,27,31). The van der Waals surface area contributed by atoms with Crippen molar-refractivity contribution in [3.8, 4) is 11.3 Å². The largest absolute Gasteiger partial charge is 0.378 e. The zero-order chi connectivity index (χ0) is 24.4. The second-order valence-corrected chi connectivity index (χ2v) is 10.6. The first-order chi connectivity index (χ1) is 16.9. The third-order valence-electron chi connectivity index (χ3n) is 6.04. The Labute approximate surface area is 203 Å². The lowest BCUT2D eigenvalue weighted by atomic mass is 10.1. The van der Waals surface area contributed by atoms with Crippen LogP contribution in [-0.4, -0.2) is 60.8 Å². The maximum Gasteiger partial charge on any atom is 0.251 e. The van der Waals surface area contributed by atoms with Crippen molar-refractivity contribution in [3.05, 3.63) is 66.2 Å². The van der Waals surface area contributed by atoms with Gasteiger partial charge >= 0.3 is 0 Å². The Bertz CT molecular complexity index is 1320. The Morgan fingerprint density at radius 1 is 1.14 bits per heavy atom. The number of ether oxygens (including phenoxy) is 1. The quantitative estimate of drug-likeness (QED) is 0.464. The first kappa shape index (κ1) is 23.2. The van der Waals surface area contributed by atoms with Crippen molar-refractivity contribution in [2.24, 2.45) is 0 Å². The molecule has 1 saturated heterocycles. The molecule has 2 aliphatic rings. The van der Waals surface area contributed by atoms with Crippen LogP contribution in [0.25, 0.3) is 11.3 Å². The molecular formula is C24H26N6O4S. The first-order valence-electron chi connectivity index (χ1n) is 11.4. The van der Waals surface area contributed by atoms with E-state index in [0.29, 0.717) is 29.8 Å². The molecule has 1 aromatic carbocycles. The van der Waals surface area contributed by atoms with Gasteiger partial charge in [-0.3, -0.25) is 19.5 Å². The molecule has 1 amide bonds. The fourth-order valence-corrected chi connectivity index (χ4v) is 5.13. The van der Waals surface area contributed by atoms with Crippen LogP contribution in [0.2, 0.25) is 0 Å². The number of nitrogens with zero attached hydrogens (tertiary/aromatic N) is 4. The van der Waals surface area contributed by atoms with Crippen LogP contribution in [0, 0.1) is 0 Å². The summed E-state index contributed by atoms with van der Waals surface area (Å²) < 4.78 is 32.2. The average Bonchev–Trinajstić information content (AvgIpc) is 3.69. The lowest BCUT2D eigenvalue weighted by molar-refractivity contribution is 0.0783. The van der Waals surface area contributed by atoms with Crippen LogP contribution in [0.1, 0.15) is 28.9 Å². The molecule has 0 atom stereocenters. The number of aromatic nitrogens is 3. The summed E-state index contributed by atoms with van der Waals surface area (Å²) in [7, 11) is -1.65. The van der Waals surface area contributed by atoms with Gasteiger partial charge < -0.3 is 15.0 Å². The predicted molar refractivity (Wildman–Crippen MR) is 131 cm³/mol. The number of sulfonamides is 1. The van der Waals surface area contributed by atoms with Crippen LogP contribution >= 0.6 is 0 Å². The zero-order valence-electron chi connectivity index (χ0n) is 19.2. The Balaban J connectivity index is 1.19. The van der Waals surface area contributed by atoms with Crippen LogP contribution in [0.15, 0.2) is 55.0 Å². The second kappa shape index (κ2) is 9.59. The SMILES string of the molecule is COC1CN(c2cncc(-c3ccc(C(=O)NCc4cc(NS(=O)(=O)C5CC5)ccn4)cc3)n2)C1. The smallest absolute Gasteiger partial charge is 0.251 e. The summed E-state index contributed by atoms with van der Waals surface area (Å²) in [6.07, 6.45) is 6.55. The number of rotatable bonds is 9. The van der Waals surface area contributed by atoms with Gasteiger partial charge in [-0.2, -0.15) is 0 Å². The number of benzene rings is 1. The minimum absolute atomic E-state index is 0.172. The maximum atomic E-state index is 12.6. The summed E-state index contributed by atoms with van der Waals surface area (Å²) in [6.45, 7) is 1.75. The molecular weight excluding hydrogens is 468 g/mol. The molecule has 1 aliphatic heterocycles. The number of pyridine rings is 1. The summed E-state index contributed by atoms with van der Waals surface area (Å²) in [6, 6.07) is 10.4. The average molecular weight is 495 g/mol. The van der Waals surface area contributed by atoms with Gasteiger partial charge in [-0.25, -0.2) is 13.4 Å². The van der Waals surface area contributed by atoms with Gasteiger partial charge in [0.1, 0.15) is 5.82 Å². The van der Waals surface area contributed by atoms with Gasteiger partial charge in [0.05, 0.1) is 47.4 Å². The fraction of sp³-hybridized carbons (Fsp3) is 0.333. The molecule has 182 valence electrons. The Hall–Kier alpha value is -3.57. The number of hydrogen-bond donors (Lipinski definition) is 2. The van der Waals surface area contributed by atoms with Crippen molar-refractivity contribution in [1.29, 1.82) is 0 Å². The molecule has 5 rings (SSSR count). The number of methoxy groups -OCH3 is 1. The summed E-state index contributed by atoms with van der Waals surface area (Å²) in [5.41, 5.74) is 3.08. The highest BCUT2D eigenvalue weighted by atomic mass is 32.2. The Morgan fingerprint density at radius 3 is 2.63 bits per heavy atom. The lowest BCUT2D eigenvalue weighted by Gasteiger charge is -2.38. The lowest BCUT2D eigenvalue weighted by Crippen LogP contribution is -2.52. The van der Waals surface area contributed by atoms with Gasteiger partial charge in [-0.15, -0.1) is 0 Å². The van der Waals surface area contributed by atoms with Gasteiger partial charge in [-0.1, -0.05) is 12.1 Å². The van der Waals surface area contributed by atoms with E-state index in [9.17, 15) is 13.2 Å². The maximum absolute atomic E-state index is 12.6. The van der Waals surface area contributed by atoms with Crippen molar-refractivity contribution in [1.82, 2.24) is 20.3 Å². The van der Waals surface area contributed by atoms with Crippen LogP contribution in [0.3, 0.4) is 0 Å². The van der Waals surface area contributed by atoms with E-state index < -0.39 is 10.0 Å². The van der Waals surface area contributed by atoms with Gasteiger partial charge in [-0.05, 0) is 37.1 Å². The molecule has 0 radical (unpaired) electrons. The molecule has 2 aromatic heterocycles. The monoisotopic (exact) mass is 494 g/mol. The number of hydrogen-bond acceptors (Lipinski definition) is 8. The molecule has 2 N–H and O–H groups in total. The molecule has 3 heterocycles. The molecule has 0 unspecified atom stereocenters. The van der Waals surface area contributed by atoms with Crippen molar-refractivity contribution in [2.75, 3.05) is 29.8 Å². The van der Waals surface area contributed by atoms with Crippen LogP contribution in [-0.2, 0) is 21.3 Å². The van der Waals surface area contributed by atoms with Crippen molar-refractivity contribution < 1.29 is 17.9 Å². The van der Waals surface area contributed by atoms with Crippen molar-refractivity contribution >= 4 is 27.4 Å². The zero-order valence-corrected chi connectivity index (χ0v) is 20.0. The van der Waals surface area contributed by atoms with Crippen LogP contribution in [0.4, 0.5) is 11.5 Å². The highest BCUT2D eigenvalue weighted by Crippen LogP contribution is 2.29. The number of carbonyl (C=O) groups excluding carboxylic acids is 1. The van der Waals surface area contributed by atoms with Crippen LogP contribution in [0.5, 0.6) is 0 Å². The van der Waals surface area contributed by atoms with Gasteiger partial charge in [0, 0.05) is 37.5 Å². The van der Waals surface area contributed by atoms with Crippen molar-refractivity contribution in [2.45, 2.75) is 30.7 Å². The van der Waals surface area contributed by atoms with E-state index in [4.69, 9.17) is 4.74 Å². The Kier molecular flexibility index (Phi) is 6.35. The highest BCUT2D eigenvalue weighted by Gasteiger charge is 2.35. The first-order valence-corrected chi connectivity index (χ1v) is 12.9. The molecule has 35 heavy (non-hydrogen) atoms. The van der Waals surface area contributed by atoms with E-state index in [1.807, 2.05) is 12.1 Å². The molecule has 3 aromatic rings. The summed E-state index contributed by atoms with van der Waals surface area (Å²) in [5, 5.41) is 2.51. The third-order valence-corrected chi connectivity index (χ3v) is 7.91. The minimum Gasteiger partial charge on any atom is -0.378 e. The molecule has 0 bridgehead atoms. The molecule has 2 fully saturated rings. The van der Waals surface area contributed by atoms with E-state index in [-0.39, 0.29) is 23.8 Å². The summed E-state index contributed by atoms with van der Waals surface area (Å²) in [5.74, 6) is 0.542. The number of nitrogens with one attached hydrogen (secondary N) is 2.